The van der Waals surface area contributed by atoms with Gasteiger partial charge in [-0.3, -0.25) is 0 Å². The van der Waals surface area contributed by atoms with Gasteiger partial charge < -0.3 is 24.4 Å². The van der Waals surface area contributed by atoms with Gasteiger partial charge in [0.1, 0.15) is 24.3 Å². The quantitative estimate of drug-likeness (QED) is 0.889. The van der Waals surface area contributed by atoms with Crippen molar-refractivity contribution in [2.45, 2.75) is 5.37 Å². The molecule has 6 nitrogen and oxygen atoms in total. The molecule has 2 aliphatic heterocycles. The van der Waals surface area contributed by atoms with E-state index in [0.29, 0.717) is 31.2 Å². The molecule has 0 saturated carbocycles. The summed E-state index contributed by atoms with van der Waals surface area (Å²) in [5, 5.41) is 2.91. The molecule has 2 aromatic carbocycles. The second-order valence-electron chi connectivity index (χ2n) is 5.98. The topological polar surface area (TPSA) is 60.0 Å². The summed E-state index contributed by atoms with van der Waals surface area (Å²) in [7, 11) is 1.61. The Balaban J connectivity index is 1.51. The Hall–Kier alpha value is -2.54. The van der Waals surface area contributed by atoms with Gasteiger partial charge in [-0.15, -0.1) is 11.8 Å². The van der Waals surface area contributed by atoms with E-state index in [4.69, 9.17) is 14.2 Å². The number of methoxy groups -OCH3 is 1. The molecule has 0 aromatic heterocycles. The van der Waals surface area contributed by atoms with Crippen molar-refractivity contribution in [1.29, 1.82) is 0 Å². The number of fused-ring (bicyclic) bond motifs is 1. The molecule has 0 radical (unpaired) electrons. The fraction of sp³-hybridized carbons (Fsp3) is 0.316. The Bertz CT molecular complexity index is 814. The monoisotopic (exact) mass is 372 g/mol. The molecule has 1 unspecified atom stereocenters. The van der Waals surface area contributed by atoms with E-state index in [9.17, 15) is 4.79 Å². The Labute approximate surface area is 156 Å². The highest BCUT2D eigenvalue weighted by Gasteiger charge is 2.31. The number of benzene rings is 2. The highest BCUT2D eigenvalue weighted by atomic mass is 32.2. The smallest absolute Gasteiger partial charge is 0.323 e. The molecule has 136 valence electrons. The van der Waals surface area contributed by atoms with Crippen LogP contribution in [-0.2, 0) is 0 Å². The predicted molar refractivity (Wildman–Crippen MR) is 101 cm³/mol. The second-order valence-corrected chi connectivity index (χ2v) is 7.17. The lowest BCUT2D eigenvalue weighted by atomic mass is 10.1. The van der Waals surface area contributed by atoms with Crippen LogP contribution >= 0.6 is 11.8 Å². The average molecular weight is 372 g/mol. The summed E-state index contributed by atoms with van der Waals surface area (Å²) in [5.41, 5.74) is 1.75. The fourth-order valence-electron chi connectivity index (χ4n) is 3.06. The minimum Gasteiger partial charge on any atom is -0.497 e. The molecule has 2 amide bonds. The average Bonchev–Trinajstić information content (AvgIpc) is 3.18. The van der Waals surface area contributed by atoms with Crippen LogP contribution in [0.5, 0.6) is 17.2 Å². The molecule has 0 bridgehead atoms. The number of carbonyl (C=O) groups is 1. The number of nitrogens with one attached hydrogen (secondary N) is 1. The molecule has 1 fully saturated rings. The van der Waals surface area contributed by atoms with Crippen LogP contribution in [0.3, 0.4) is 0 Å². The van der Waals surface area contributed by atoms with Gasteiger partial charge in [-0.05, 0) is 29.8 Å². The summed E-state index contributed by atoms with van der Waals surface area (Å²) in [6.45, 7) is 1.81. The number of nitrogens with zero attached hydrogens (tertiary/aromatic N) is 1. The van der Waals surface area contributed by atoms with E-state index in [0.717, 1.165) is 22.8 Å². The number of amides is 2. The third kappa shape index (κ3) is 3.39. The highest BCUT2D eigenvalue weighted by Crippen LogP contribution is 2.41. The first-order valence-corrected chi connectivity index (χ1v) is 9.52. The maximum atomic E-state index is 12.8. The first-order chi connectivity index (χ1) is 12.7. The van der Waals surface area contributed by atoms with Crippen LogP contribution in [-0.4, -0.2) is 43.6 Å². The number of hydrogen-bond acceptors (Lipinski definition) is 5. The number of hydrogen-bond donors (Lipinski definition) is 1. The summed E-state index contributed by atoms with van der Waals surface area (Å²) in [5.74, 6) is 3.11. The van der Waals surface area contributed by atoms with Crippen molar-refractivity contribution in [3.8, 4) is 17.2 Å². The van der Waals surface area contributed by atoms with E-state index >= 15 is 0 Å². The molecule has 1 N–H and O–H groups in total. The van der Waals surface area contributed by atoms with Crippen molar-refractivity contribution in [3.05, 3.63) is 48.0 Å². The number of urea groups is 1. The Morgan fingerprint density at radius 2 is 2.04 bits per heavy atom. The molecule has 1 saturated heterocycles. The van der Waals surface area contributed by atoms with Crippen LogP contribution in [0.25, 0.3) is 0 Å². The second kappa shape index (κ2) is 7.37. The van der Waals surface area contributed by atoms with Crippen molar-refractivity contribution in [2.24, 2.45) is 0 Å². The number of rotatable bonds is 3. The molecule has 2 aromatic rings. The molecule has 2 heterocycles. The summed E-state index contributed by atoms with van der Waals surface area (Å²) >= 11 is 1.74. The Morgan fingerprint density at radius 3 is 2.88 bits per heavy atom. The maximum absolute atomic E-state index is 12.8. The van der Waals surface area contributed by atoms with Crippen LogP contribution < -0.4 is 19.5 Å². The first-order valence-electron chi connectivity index (χ1n) is 8.47. The van der Waals surface area contributed by atoms with Gasteiger partial charge in [-0.25, -0.2) is 4.79 Å². The molecular weight excluding hydrogens is 352 g/mol. The minimum atomic E-state index is -0.122. The molecule has 0 aliphatic carbocycles. The van der Waals surface area contributed by atoms with Gasteiger partial charge in [0, 0.05) is 24.1 Å². The van der Waals surface area contributed by atoms with Crippen LogP contribution in [0.4, 0.5) is 10.5 Å². The zero-order valence-electron chi connectivity index (χ0n) is 14.4. The van der Waals surface area contributed by atoms with Gasteiger partial charge in [-0.2, -0.15) is 0 Å². The van der Waals surface area contributed by atoms with Gasteiger partial charge in [-0.1, -0.05) is 12.1 Å². The lowest BCUT2D eigenvalue weighted by Gasteiger charge is -2.26. The van der Waals surface area contributed by atoms with Crippen molar-refractivity contribution in [3.63, 3.8) is 0 Å². The van der Waals surface area contributed by atoms with Gasteiger partial charge in [0.2, 0.25) is 0 Å². The van der Waals surface area contributed by atoms with Gasteiger partial charge >= 0.3 is 6.03 Å². The molecule has 1 atom stereocenters. The molecule has 7 heteroatoms. The van der Waals surface area contributed by atoms with Crippen LogP contribution in [0.1, 0.15) is 10.9 Å². The third-order valence-corrected chi connectivity index (χ3v) is 5.58. The van der Waals surface area contributed by atoms with Crippen molar-refractivity contribution >= 4 is 23.5 Å². The van der Waals surface area contributed by atoms with E-state index in [1.54, 1.807) is 24.9 Å². The molecular formula is C19H20N2O4S. The summed E-state index contributed by atoms with van der Waals surface area (Å²) < 4.78 is 16.5. The SMILES string of the molecule is COc1cccc(NC(=O)N2CCSC2c2ccc3c(c2)OCCO3)c1. The Kier molecular flexibility index (Phi) is 4.79. The Morgan fingerprint density at radius 1 is 1.19 bits per heavy atom. The van der Waals surface area contributed by atoms with Crippen LogP contribution in [0.2, 0.25) is 0 Å². The highest BCUT2D eigenvalue weighted by molar-refractivity contribution is 7.99. The van der Waals surface area contributed by atoms with Gasteiger partial charge in [0.05, 0.1) is 7.11 Å². The van der Waals surface area contributed by atoms with Gasteiger partial charge in [0.15, 0.2) is 11.5 Å². The largest absolute Gasteiger partial charge is 0.497 e. The van der Waals surface area contributed by atoms with E-state index in [-0.39, 0.29) is 11.4 Å². The minimum absolute atomic E-state index is 0.0450. The van der Waals surface area contributed by atoms with E-state index in [1.165, 1.54) is 0 Å². The lowest BCUT2D eigenvalue weighted by molar-refractivity contribution is 0.171. The van der Waals surface area contributed by atoms with E-state index in [1.807, 2.05) is 41.3 Å². The molecule has 26 heavy (non-hydrogen) atoms. The summed E-state index contributed by atoms with van der Waals surface area (Å²) in [6.07, 6.45) is 0. The normalized spacial score (nSPS) is 18.5. The van der Waals surface area contributed by atoms with Crippen LogP contribution in [0, 0.1) is 0 Å². The fourth-order valence-corrected chi connectivity index (χ4v) is 4.31. The molecule has 4 rings (SSSR count). The molecule has 0 spiro atoms. The first kappa shape index (κ1) is 16.9. The number of thioether (sulfide) groups is 1. The van der Waals surface area contributed by atoms with E-state index < -0.39 is 0 Å². The molecule has 2 aliphatic rings. The van der Waals surface area contributed by atoms with Crippen molar-refractivity contribution in [1.82, 2.24) is 4.90 Å². The summed E-state index contributed by atoms with van der Waals surface area (Å²) in [6, 6.07) is 13.1. The van der Waals surface area contributed by atoms with Crippen LogP contribution in [0.15, 0.2) is 42.5 Å². The third-order valence-electron chi connectivity index (χ3n) is 4.32. The number of ether oxygens (including phenoxy) is 3. The predicted octanol–water partition coefficient (Wildman–Crippen LogP) is 3.75. The summed E-state index contributed by atoms with van der Waals surface area (Å²) in [4.78, 5) is 14.6. The number of anilines is 1. The number of carbonyl (C=O) groups excluding carboxylic acids is 1. The lowest BCUT2D eigenvalue weighted by Crippen LogP contribution is -2.34. The zero-order valence-corrected chi connectivity index (χ0v) is 15.3. The van der Waals surface area contributed by atoms with Gasteiger partial charge in [0.25, 0.3) is 0 Å². The van der Waals surface area contributed by atoms with Crippen molar-refractivity contribution < 1.29 is 19.0 Å². The standard InChI is InChI=1S/C19H20N2O4S/c1-23-15-4-2-3-14(12-15)20-19(22)21-7-10-26-18(21)13-5-6-16-17(11-13)25-9-8-24-16/h2-6,11-12,18H,7-10H2,1H3,(H,20,22). The van der Waals surface area contributed by atoms with Crippen molar-refractivity contribution in [2.75, 3.05) is 37.9 Å². The maximum Gasteiger partial charge on any atom is 0.323 e. The van der Waals surface area contributed by atoms with E-state index in [2.05, 4.69) is 5.32 Å². The zero-order chi connectivity index (χ0) is 17.9.